The molecule has 3 aliphatic rings. The number of esters is 1. The first-order chi connectivity index (χ1) is 39.4. The van der Waals surface area contributed by atoms with Gasteiger partial charge in [0.05, 0.1) is 55.0 Å². The quantitative estimate of drug-likeness (QED) is 0.0278. The third-order valence-corrected chi connectivity index (χ3v) is 14.3. The minimum absolute atomic E-state index is 0.0988. The summed E-state index contributed by atoms with van der Waals surface area (Å²) >= 11 is 1.37. The highest BCUT2D eigenvalue weighted by atomic mass is 32.2. The summed E-state index contributed by atoms with van der Waals surface area (Å²) in [7, 11) is -1.26. The standard InChI is InChI=1S/C22H26N4O2S.C13H19N3O3S.C13H21NO5.C12H17NO2/c1-3-4-11-28-16-12-15-7-5-6-8-17(15)20(13-16)26-10-9-18-19(14-26)24-22(29(2)27)25-21(18)23;1-13(2,3)19-12(18)16-6-5-8-9(7-16)14-11(20-4)15-10(8)17;1-5-18-11(16)9-6-7-14(8-10(9)15)12(17)19-13(2,3)4;1-3-13(4-2)12(14)15-10-11-8-6-5-7-9-11/h5-8,12-13H,3-4,9-11,14H2,1-2H3,(H2,23,24,25);5-7H2,1-4H3,(H,14,15,17);9H,5-8H2,1-4H3;5-9H,3-4,10H2,1-2H3. The molecule has 83 heavy (non-hydrogen) atoms. The smallest absolute Gasteiger partial charge is 0.410 e. The molecular weight excluding hydrogens is 1100 g/mol. The van der Waals surface area contributed by atoms with Crippen LogP contribution < -0.4 is 20.9 Å². The first kappa shape index (κ1) is 66.5. The van der Waals surface area contributed by atoms with Crippen LogP contribution in [0.25, 0.3) is 10.8 Å². The number of nitrogens with zero attached hydrogens (tertiary/aromatic N) is 7. The number of nitrogens with two attached hydrogens (primary N) is 1. The summed E-state index contributed by atoms with van der Waals surface area (Å²) in [6, 6.07) is 22.3. The number of aromatic amines is 1. The van der Waals surface area contributed by atoms with E-state index in [-0.39, 0.29) is 43.1 Å². The number of carbonyl (C=O) groups excluding carboxylic acids is 5. The number of benzene rings is 3. The van der Waals surface area contributed by atoms with Crippen molar-refractivity contribution in [1.29, 1.82) is 0 Å². The van der Waals surface area contributed by atoms with E-state index in [1.54, 1.807) is 43.8 Å². The molecule has 0 saturated carbocycles. The van der Waals surface area contributed by atoms with Crippen molar-refractivity contribution in [2.45, 2.75) is 143 Å². The van der Waals surface area contributed by atoms with Crippen LogP contribution in [0.4, 0.5) is 25.9 Å². The number of aromatic nitrogens is 4. The number of amides is 3. The number of Topliss-reactive ketones (excluding diaryl/α,β-unsaturated/α-hetero) is 1. The second kappa shape index (κ2) is 31.4. The van der Waals surface area contributed by atoms with Gasteiger partial charge in [-0.2, -0.15) is 0 Å². The van der Waals surface area contributed by atoms with Gasteiger partial charge < -0.3 is 54.0 Å². The van der Waals surface area contributed by atoms with Crippen molar-refractivity contribution < 1.29 is 51.9 Å². The summed E-state index contributed by atoms with van der Waals surface area (Å²) in [5, 5.41) is 3.20. The predicted molar refractivity (Wildman–Crippen MR) is 322 cm³/mol. The second-order valence-electron chi connectivity index (χ2n) is 21.6. The van der Waals surface area contributed by atoms with Crippen LogP contribution in [0.5, 0.6) is 5.75 Å². The van der Waals surface area contributed by atoms with Gasteiger partial charge in [-0.1, -0.05) is 79.7 Å². The average molecular weight is 1190 g/mol. The number of ketones is 1. The van der Waals surface area contributed by atoms with E-state index >= 15 is 0 Å². The number of rotatable bonds is 13. The van der Waals surface area contributed by atoms with E-state index in [4.69, 9.17) is 29.4 Å². The Labute approximate surface area is 494 Å². The maximum atomic E-state index is 12.0. The summed E-state index contributed by atoms with van der Waals surface area (Å²) in [6.45, 7) is 23.6. The van der Waals surface area contributed by atoms with Crippen molar-refractivity contribution in [1.82, 2.24) is 34.6 Å². The Morgan fingerprint density at radius 2 is 1.41 bits per heavy atom. The fourth-order valence-electron chi connectivity index (χ4n) is 8.80. The molecule has 1 saturated heterocycles. The molecule has 23 heteroatoms. The second-order valence-corrected chi connectivity index (χ2v) is 23.7. The van der Waals surface area contributed by atoms with Crippen LogP contribution in [0.1, 0.15) is 117 Å². The average Bonchev–Trinajstić information content (AvgIpc) is 3.13. The van der Waals surface area contributed by atoms with Crippen LogP contribution in [0.3, 0.4) is 0 Å². The summed E-state index contributed by atoms with van der Waals surface area (Å²) in [4.78, 5) is 93.3. The van der Waals surface area contributed by atoms with E-state index in [9.17, 15) is 33.0 Å². The first-order valence-corrected chi connectivity index (χ1v) is 30.8. The van der Waals surface area contributed by atoms with E-state index < -0.39 is 40.0 Å². The zero-order valence-corrected chi connectivity index (χ0v) is 51.8. The van der Waals surface area contributed by atoms with Gasteiger partial charge in [0.1, 0.15) is 35.3 Å². The number of hydrogen-bond acceptors (Lipinski definition) is 18. The molecule has 2 atom stereocenters. The van der Waals surface area contributed by atoms with E-state index in [0.29, 0.717) is 86.3 Å². The number of thioether (sulfide) groups is 1. The number of carbonyl (C=O) groups is 5. The van der Waals surface area contributed by atoms with Gasteiger partial charge in [-0.15, -0.1) is 0 Å². The summed E-state index contributed by atoms with van der Waals surface area (Å²) < 4.78 is 38.4. The topological polar surface area (TPSA) is 259 Å². The van der Waals surface area contributed by atoms with Gasteiger partial charge in [0.15, 0.2) is 10.9 Å². The number of nitrogen functional groups attached to an aromatic ring is 1. The molecule has 0 radical (unpaired) electrons. The van der Waals surface area contributed by atoms with Crippen molar-refractivity contribution in [3.05, 3.63) is 105 Å². The Bertz CT molecular complexity index is 3090. The van der Waals surface area contributed by atoms with Crippen molar-refractivity contribution in [3.63, 3.8) is 0 Å². The molecule has 0 spiro atoms. The maximum absolute atomic E-state index is 12.0. The summed E-state index contributed by atoms with van der Waals surface area (Å²) in [5.41, 5.74) is 10.2. The number of unbranched alkanes of at least 4 members (excludes halogenated alkanes) is 1. The SMILES string of the molecule is CCCCOc1cc(N2CCc3c(N)nc(S(C)=O)nc3C2)c2ccccc2c1.CCN(CC)C(=O)OCc1ccccc1.CCOC(=O)C1CCN(C(=O)OC(C)(C)C)CC1=O.CSc1nc2c(c(=O)[nH]1)CCN(C(=O)OC(C)(C)C)C2. The summed E-state index contributed by atoms with van der Waals surface area (Å²) in [5.74, 6) is -0.220. The largest absolute Gasteiger partial charge is 0.493 e. The zero-order chi connectivity index (χ0) is 61.0. The lowest BCUT2D eigenvalue weighted by Crippen LogP contribution is -2.48. The van der Waals surface area contributed by atoms with Crippen LogP contribution in [-0.2, 0) is 71.9 Å². The van der Waals surface area contributed by atoms with Crippen molar-refractivity contribution in [3.8, 4) is 5.75 Å². The van der Waals surface area contributed by atoms with Crippen LogP contribution >= 0.6 is 11.8 Å². The van der Waals surface area contributed by atoms with Gasteiger partial charge in [0.25, 0.3) is 5.56 Å². The van der Waals surface area contributed by atoms with Gasteiger partial charge in [-0.25, -0.2) is 29.3 Å². The fourth-order valence-corrected chi connectivity index (χ4v) is 9.66. The van der Waals surface area contributed by atoms with Gasteiger partial charge in [-0.3, -0.25) is 18.6 Å². The minimum atomic E-state index is -1.26. The molecule has 452 valence electrons. The van der Waals surface area contributed by atoms with Crippen LogP contribution in [0.2, 0.25) is 0 Å². The molecule has 3 aromatic carbocycles. The molecule has 21 nitrogen and oxygen atoms in total. The van der Waals surface area contributed by atoms with Gasteiger partial charge >= 0.3 is 24.2 Å². The Morgan fingerprint density at radius 1 is 0.783 bits per heavy atom. The Balaban J connectivity index is 0.000000209. The van der Waals surface area contributed by atoms with Crippen LogP contribution in [-0.4, -0.2) is 145 Å². The van der Waals surface area contributed by atoms with E-state index in [1.807, 2.05) is 77.3 Å². The molecule has 3 N–H and O–H groups in total. The highest BCUT2D eigenvalue weighted by Crippen LogP contribution is 2.36. The lowest BCUT2D eigenvalue weighted by molar-refractivity contribution is -0.153. The van der Waals surface area contributed by atoms with Crippen molar-refractivity contribution in [2.75, 3.05) is 75.6 Å². The molecule has 2 aromatic heterocycles. The number of anilines is 2. The molecule has 0 aliphatic carbocycles. The third-order valence-electron chi connectivity index (χ3n) is 13.0. The molecule has 5 heterocycles. The highest BCUT2D eigenvalue weighted by Gasteiger charge is 2.37. The Morgan fingerprint density at radius 3 is 2.01 bits per heavy atom. The predicted octanol–water partition coefficient (Wildman–Crippen LogP) is 9.52. The minimum Gasteiger partial charge on any atom is -0.493 e. The molecular formula is C60H83N9O12S2. The molecule has 2 unspecified atom stereocenters. The number of ether oxygens (including phenoxy) is 5. The highest BCUT2D eigenvalue weighted by molar-refractivity contribution is 7.98. The monoisotopic (exact) mass is 1190 g/mol. The van der Waals surface area contributed by atoms with Gasteiger partial charge in [0.2, 0.25) is 5.16 Å². The van der Waals surface area contributed by atoms with Crippen LogP contribution in [0.15, 0.2) is 81.8 Å². The third kappa shape index (κ3) is 20.2. The lowest BCUT2D eigenvalue weighted by atomic mass is 9.96. The van der Waals surface area contributed by atoms with Crippen molar-refractivity contribution >= 4 is 74.9 Å². The molecule has 1 fully saturated rings. The van der Waals surface area contributed by atoms with Crippen molar-refractivity contribution in [2.24, 2.45) is 5.92 Å². The first-order valence-electron chi connectivity index (χ1n) is 28.0. The van der Waals surface area contributed by atoms with Gasteiger partial charge in [0, 0.05) is 67.2 Å². The number of H-pyrrole nitrogens is 1. The fraction of sp³-hybridized carbons (Fsp3) is 0.517. The normalized spacial score (nSPS) is 15.1. The molecule has 3 amide bonds. The molecule has 3 aliphatic heterocycles. The molecule has 0 bridgehead atoms. The number of hydrogen-bond donors (Lipinski definition) is 2. The Hall–Kier alpha value is -7.27. The van der Waals surface area contributed by atoms with Gasteiger partial charge in [-0.05, 0) is 111 Å². The number of fused-ring (bicyclic) bond motifs is 3. The molecule has 5 aromatic rings. The van der Waals surface area contributed by atoms with E-state index in [2.05, 4.69) is 62.1 Å². The zero-order valence-electron chi connectivity index (χ0n) is 50.2. The number of piperidine rings is 1. The van der Waals surface area contributed by atoms with Crippen LogP contribution in [0, 0.1) is 5.92 Å². The van der Waals surface area contributed by atoms with E-state index in [1.165, 1.54) is 22.0 Å². The Kier molecular flexibility index (Phi) is 25.2. The lowest BCUT2D eigenvalue weighted by Gasteiger charge is -2.31. The number of nitrogens with one attached hydrogen (secondary N) is 1. The van der Waals surface area contributed by atoms with E-state index in [0.717, 1.165) is 59.5 Å². The summed E-state index contributed by atoms with van der Waals surface area (Å²) in [6.07, 6.45) is 5.97. The number of likely N-dealkylation sites (tertiary alicyclic amines) is 1. The molecule has 8 rings (SSSR count). The maximum Gasteiger partial charge on any atom is 0.410 e.